The quantitative estimate of drug-likeness (QED) is 0.803. The normalized spacial score (nSPS) is 10.5. The van der Waals surface area contributed by atoms with Gasteiger partial charge in [-0.05, 0) is 23.1 Å². The molecule has 1 aromatic carbocycles. The van der Waals surface area contributed by atoms with Crippen molar-refractivity contribution >= 4 is 5.91 Å². The second kappa shape index (κ2) is 5.71. The van der Waals surface area contributed by atoms with E-state index < -0.39 is 0 Å². The number of carbonyl (C=O) groups excluding carboxylic acids is 1. The Morgan fingerprint density at radius 1 is 1.41 bits per heavy atom. The highest BCUT2D eigenvalue weighted by Crippen LogP contribution is 2.27. The predicted molar refractivity (Wildman–Crippen MR) is 69.2 cm³/mol. The molecule has 0 bridgehead atoms. The molecule has 0 radical (unpaired) electrons. The molecule has 3 heteroatoms. The van der Waals surface area contributed by atoms with Crippen LogP contribution in [0.2, 0.25) is 0 Å². The molecule has 17 heavy (non-hydrogen) atoms. The van der Waals surface area contributed by atoms with Crippen molar-refractivity contribution in [3.8, 4) is 5.75 Å². The third-order valence-electron chi connectivity index (χ3n) is 2.87. The molecule has 0 heterocycles. The van der Waals surface area contributed by atoms with Gasteiger partial charge in [0, 0.05) is 20.5 Å². The second-order valence-corrected chi connectivity index (χ2v) is 4.61. The van der Waals surface area contributed by atoms with Gasteiger partial charge in [0.25, 0.3) is 0 Å². The fraction of sp³-hybridized carbons (Fsp3) is 0.500. The molecule has 0 unspecified atom stereocenters. The Morgan fingerprint density at radius 3 is 2.53 bits per heavy atom. The Kier molecular flexibility index (Phi) is 4.55. The standard InChI is InChI=1S/C14H21NO2/c1-10(2)13-8-12(6-7-14(13)17-5)9-15(4)11(3)16/h6-8,10H,9H2,1-5H3. The van der Waals surface area contributed by atoms with Gasteiger partial charge in [-0.15, -0.1) is 0 Å². The zero-order chi connectivity index (χ0) is 13.0. The van der Waals surface area contributed by atoms with Crippen LogP contribution >= 0.6 is 0 Å². The van der Waals surface area contributed by atoms with E-state index in [-0.39, 0.29) is 5.91 Å². The highest BCUT2D eigenvalue weighted by atomic mass is 16.5. The molecule has 0 spiro atoms. The molecule has 0 saturated carbocycles. The smallest absolute Gasteiger partial charge is 0.219 e. The number of nitrogens with zero attached hydrogens (tertiary/aromatic N) is 1. The summed E-state index contributed by atoms with van der Waals surface area (Å²) in [5, 5.41) is 0. The van der Waals surface area contributed by atoms with Crippen molar-refractivity contribution in [1.29, 1.82) is 0 Å². The van der Waals surface area contributed by atoms with Crippen LogP contribution in [0.1, 0.15) is 37.8 Å². The number of rotatable bonds is 4. The van der Waals surface area contributed by atoms with Crippen molar-refractivity contribution in [2.24, 2.45) is 0 Å². The molecule has 1 rings (SSSR count). The van der Waals surface area contributed by atoms with E-state index in [4.69, 9.17) is 4.74 Å². The maximum Gasteiger partial charge on any atom is 0.219 e. The number of ether oxygens (including phenoxy) is 1. The summed E-state index contributed by atoms with van der Waals surface area (Å²) in [6, 6.07) is 6.09. The van der Waals surface area contributed by atoms with Crippen molar-refractivity contribution in [3.63, 3.8) is 0 Å². The summed E-state index contributed by atoms with van der Waals surface area (Å²) in [7, 11) is 3.49. The van der Waals surface area contributed by atoms with Crippen LogP contribution < -0.4 is 4.74 Å². The molecule has 0 aliphatic heterocycles. The Balaban J connectivity index is 2.96. The molecule has 0 saturated heterocycles. The van der Waals surface area contributed by atoms with Crippen LogP contribution in [0.15, 0.2) is 18.2 Å². The second-order valence-electron chi connectivity index (χ2n) is 4.61. The van der Waals surface area contributed by atoms with Gasteiger partial charge < -0.3 is 9.64 Å². The van der Waals surface area contributed by atoms with Gasteiger partial charge in [-0.1, -0.05) is 26.0 Å². The minimum Gasteiger partial charge on any atom is -0.496 e. The third kappa shape index (κ3) is 3.48. The molecule has 0 aliphatic carbocycles. The van der Waals surface area contributed by atoms with E-state index in [2.05, 4.69) is 19.9 Å². The molecule has 1 aromatic rings. The van der Waals surface area contributed by atoms with Crippen molar-refractivity contribution in [3.05, 3.63) is 29.3 Å². The van der Waals surface area contributed by atoms with Crippen molar-refractivity contribution in [1.82, 2.24) is 4.90 Å². The lowest BCUT2D eigenvalue weighted by Crippen LogP contribution is -2.23. The van der Waals surface area contributed by atoms with Crippen LogP contribution in [0.25, 0.3) is 0 Å². The monoisotopic (exact) mass is 235 g/mol. The molecule has 0 aliphatic rings. The fourth-order valence-electron chi connectivity index (χ4n) is 1.72. The maximum atomic E-state index is 11.2. The van der Waals surface area contributed by atoms with Crippen LogP contribution in [0.3, 0.4) is 0 Å². The molecule has 3 nitrogen and oxygen atoms in total. The molecule has 0 aromatic heterocycles. The molecule has 1 amide bonds. The topological polar surface area (TPSA) is 29.5 Å². The number of amides is 1. The number of hydrogen-bond donors (Lipinski definition) is 0. The van der Waals surface area contributed by atoms with E-state index in [0.29, 0.717) is 12.5 Å². The van der Waals surface area contributed by atoms with Gasteiger partial charge in [-0.3, -0.25) is 4.79 Å². The first-order valence-electron chi connectivity index (χ1n) is 5.84. The van der Waals surface area contributed by atoms with E-state index in [0.717, 1.165) is 11.3 Å². The van der Waals surface area contributed by atoms with Gasteiger partial charge in [0.15, 0.2) is 0 Å². The van der Waals surface area contributed by atoms with Crippen molar-refractivity contribution < 1.29 is 9.53 Å². The van der Waals surface area contributed by atoms with E-state index in [1.54, 1.807) is 18.9 Å². The molecule has 0 atom stereocenters. The SMILES string of the molecule is COc1ccc(CN(C)C(C)=O)cc1C(C)C. The van der Waals surface area contributed by atoms with Crippen LogP contribution in [0.5, 0.6) is 5.75 Å². The maximum absolute atomic E-state index is 11.2. The summed E-state index contributed by atoms with van der Waals surface area (Å²) in [4.78, 5) is 12.9. The first-order chi connectivity index (χ1) is 7.95. The summed E-state index contributed by atoms with van der Waals surface area (Å²) < 4.78 is 5.33. The van der Waals surface area contributed by atoms with E-state index in [1.807, 2.05) is 19.2 Å². The van der Waals surface area contributed by atoms with Crippen LogP contribution in [0.4, 0.5) is 0 Å². The number of carbonyl (C=O) groups is 1. The van der Waals surface area contributed by atoms with E-state index in [9.17, 15) is 4.79 Å². The largest absolute Gasteiger partial charge is 0.496 e. The molecular weight excluding hydrogens is 214 g/mol. The van der Waals surface area contributed by atoms with Crippen molar-refractivity contribution in [2.45, 2.75) is 33.2 Å². The molecular formula is C14H21NO2. The Morgan fingerprint density at radius 2 is 2.06 bits per heavy atom. The van der Waals surface area contributed by atoms with Gasteiger partial charge in [0.2, 0.25) is 5.91 Å². The summed E-state index contributed by atoms with van der Waals surface area (Å²) >= 11 is 0. The van der Waals surface area contributed by atoms with Crippen LogP contribution in [-0.4, -0.2) is 25.0 Å². The summed E-state index contributed by atoms with van der Waals surface area (Å²) in [6.07, 6.45) is 0. The summed E-state index contributed by atoms with van der Waals surface area (Å²) in [5.74, 6) is 1.40. The first-order valence-corrected chi connectivity index (χ1v) is 5.84. The number of hydrogen-bond acceptors (Lipinski definition) is 2. The lowest BCUT2D eigenvalue weighted by atomic mass is 9.99. The van der Waals surface area contributed by atoms with Gasteiger partial charge in [-0.25, -0.2) is 0 Å². The van der Waals surface area contributed by atoms with E-state index >= 15 is 0 Å². The first kappa shape index (κ1) is 13.6. The molecule has 94 valence electrons. The van der Waals surface area contributed by atoms with Gasteiger partial charge in [-0.2, -0.15) is 0 Å². The average molecular weight is 235 g/mol. The summed E-state index contributed by atoms with van der Waals surface area (Å²) in [6.45, 7) is 6.48. The predicted octanol–water partition coefficient (Wildman–Crippen LogP) is 2.80. The zero-order valence-electron chi connectivity index (χ0n) is 11.3. The highest BCUT2D eigenvalue weighted by Gasteiger charge is 2.10. The van der Waals surface area contributed by atoms with Gasteiger partial charge in [0.1, 0.15) is 5.75 Å². The Labute approximate surface area is 103 Å². The van der Waals surface area contributed by atoms with Crippen LogP contribution in [-0.2, 0) is 11.3 Å². The number of benzene rings is 1. The summed E-state index contributed by atoms with van der Waals surface area (Å²) in [5.41, 5.74) is 2.31. The molecule has 0 N–H and O–H groups in total. The number of methoxy groups -OCH3 is 1. The minimum atomic E-state index is 0.0758. The van der Waals surface area contributed by atoms with Crippen molar-refractivity contribution in [2.75, 3.05) is 14.2 Å². The zero-order valence-corrected chi connectivity index (χ0v) is 11.3. The molecule has 0 fully saturated rings. The van der Waals surface area contributed by atoms with Gasteiger partial charge >= 0.3 is 0 Å². The third-order valence-corrected chi connectivity index (χ3v) is 2.87. The van der Waals surface area contributed by atoms with E-state index in [1.165, 1.54) is 5.56 Å². The Bertz CT molecular complexity index is 399. The lowest BCUT2D eigenvalue weighted by Gasteiger charge is -2.18. The minimum absolute atomic E-state index is 0.0758. The Hall–Kier alpha value is -1.51. The highest BCUT2D eigenvalue weighted by molar-refractivity contribution is 5.72. The van der Waals surface area contributed by atoms with Crippen LogP contribution in [0, 0.1) is 0 Å². The average Bonchev–Trinajstić information content (AvgIpc) is 2.28. The lowest BCUT2D eigenvalue weighted by molar-refractivity contribution is -0.128. The fourth-order valence-corrected chi connectivity index (χ4v) is 1.72. The van der Waals surface area contributed by atoms with Gasteiger partial charge in [0.05, 0.1) is 7.11 Å².